The number of hydrogen-bond acceptors (Lipinski definition) is 4. The summed E-state index contributed by atoms with van der Waals surface area (Å²) in [5.41, 5.74) is 5.85. The van der Waals surface area contributed by atoms with Crippen molar-refractivity contribution in [3.8, 4) is 0 Å². The molecule has 1 saturated carbocycles. The van der Waals surface area contributed by atoms with Gasteiger partial charge in [-0.2, -0.15) is 0 Å². The molecule has 2 atom stereocenters. The standard InChI is InChI=1S/C12H21N3S/c1-2-15(9-12-14-6-7-16-12)11-5-3-4-10(11)8-13/h6-7,10-11H,2-5,8-9,13H2,1H3. The van der Waals surface area contributed by atoms with Crippen LogP contribution in [0.3, 0.4) is 0 Å². The molecule has 4 heteroatoms. The Morgan fingerprint density at radius 2 is 2.44 bits per heavy atom. The Morgan fingerprint density at radius 1 is 1.56 bits per heavy atom. The quantitative estimate of drug-likeness (QED) is 0.855. The lowest BCUT2D eigenvalue weighted by Gasteiger charge is -2.30. The van der Waals surface area contributed by atoms with Gasteiger partial charge in [0.05, 0.1) is 6.54 Å². The molecule has 2 N–H and O–H groups in total. The molecule has 0 radical (unpaired) electrons. The molecule has 0 bridgehead atoms. The van der Waals surface area contributed by atoms with Crippen LogP contribution >= 0.6 is 11.3 Å². The maximum absolute atomic E-state index is 5.85. The molecule has 1 heterocycles. The Kier molecular flexibility index (Phi) is 4.32. The zero-order valence-corrected chi connectivity index (χ0v) is 10.7. The summed E-state index contributed by atoms with van der Waals surface area (Å²) in [6.45, 7) is 5.16. The van der Waals surface area contributed by atoms with E-state index in [-0.39, 0.29) is 0 Å². The van der Waals surface area contributed by atoms with Gasteiger partial charge in [-0.1, -0.05) is 13.3 Å². The Balaban J connectivity index is 1.98. The number of hydrogen-bond donors (Lipinski definition) is 1. The summed E-state index contributed by atoms with van der Waals surface area (Å²) in [6.07, 6.45) is 5.83. The molecule has 1 aromatic heterocycles. The average Bonchev–Trinajstić information content (AvgIpc) is 2.96. The van der Waals surface area contributed by atoms with Gasteiger partial charge in [0.2, 0.25) is 0 Å². The first-order valence-electron chi connectivity index (χ1n) is 6.17. The first kappa shape index (κ1) is 12.0. The van der Waals surface area contributed by atoms with E-state index in [1.807, 2.05) is 6.20 Å². The zero-order chi connectivity index (χ0) is 11.4. The Hall–Kier alpha value is -0.450. The molecule has 0 aliphatic heterocycles. The smallest absolute Gasteiger partial charge is 0.107 e. The van der Waals surface area contributed by atoms with E-state index in [2.05, 4.69) is 22.2 Å². The van der Waals surface area contributed by atoms with Crippen molar-refractivity contribution in [3.63, 3.8) is 0 Å². The maximum Gasteiger partial charge on any atom is 0.107 e. The second kappa shape index (κ2) is 5.75. The van der Waals surface area contributed by atoms with Crippen LogP contribution in [0.1, 0.15) is 31.2 Å². The summed E-state index contributed by atoms with van der Waals surface area (Å²) in [4.78, 5) is 6.92. The van der Waals surface area contributed by atoms with Crippen molar-refractivity contribution in [1.29, 1.82) is 0 Å². The van der Waals surface area contributed by atoms with E-state index in [1.54, 1.807) is 11.3 Å². The van der Waals surface area contributed by atoms with Gasteiger partial charge in [0.15, 0.2) is 0 Å². The van der Waals surface area contributed by atoms with Crippen LogP contribution < -0.4 is 5.73 Å². The zero-order valence-electron chi connectivity index (χ0n) is 9.93. The Labute approximate surface area is 102 Å². The average molecular weight is 239 g/mol. The second-order valence-corrected chi connectivity index (χ2v) is 5.46. The number of aromatic nitrogens is 1. The van der Waals surface area contributed by atoms with E-state index in [4.69, 9.17) is 5.73 Å². The van der Waals surface area contributed by atoms with E-state index in [9.17, 15) is 0 Å². The van der Waals surface area contributed by atoms with Crippen LogP contribution in [0.25, 0.3) is 0 Å². The number of nitrogens with two attached hydrogens (primary N) is 1. The van der Waals surface area contributed by atoms with E-state index >= 15 is 0 Å². The molecule has 2 rings (SSSR count). The summed E-state index contributed by atoms with van der Waals surface area (Å²) in [6, 6.07) is 0.680. The normalized spacial score (nSPS) is 25.4. The monoisotopic (exact) mass is 239 g/mol. The highest BCUT2D eigenvalue weighted by molar-refractivity contribution is 7.09. The van der Waals surface area contributed by atoms with Crippen molar-refractivity contribution in [1.82, 2.24) is 9.88 Å². The fourth-order valence-electron chi connectivity index (χ4n) is 2.74. The van der Waals surface area contributed by atoms with Crippen molar-refractivity contribution < 1.29 is 0 Å². The SMILES string of the molecule is CCN(Cc1nccs1)C1CCCC1CN. The van der Waals surface area contributed by atoms with Crippen LogP contribution in [0.4, 0.5) is 0 Å². The van der Waals surface area contributed by atoms with Crippen LogP contribution in [0.5, 0.6) is 0 Å². The van der Waals surface area contributed by atoms with Crippen molar-refractivity contribution >= 4 is 11.3 Å². The molecule has 0 amide bonds. The van der Waals surface area contributed by atoms with Gasteiger partial charge in [-0.3, -0.25) is 4.90 Å². The number of nitrogens with zero attached hydrogens (tertiary/aromatic N) is 2. The van der Waals surface area contributed by atoms with Crippen LogP contribution in [0, 0.1) is 5.92 Å². The lowest BCUT2D eigenvalue weighted by Crippen LogP contribution is -2.39. The van der Waals surface area contributed by atoms with Crippen LogP contribution in [0.2, 0.25) is 0 Å². The van der Waals surface area contributed by atoms with E-state index in [0.717, 1.165) is 19.6 Å². The predicted octanol–water partition coefficient (Wildman–Crippen LogP) is 2.09. The van der Waals surface area contributed by atoms with Gasteiger partial charge in [-0.25, -0.2) is 4.98 Å². The van der Waals surface area contributed by atoms with Crippen LogP contribution in [-0.4, -0.2) is 29.0 Å². The molecule has 90 valence electrons. The van der Waals surface area contributed by atoms with Gasteiger partial charge >= 0.3 is 0 Å². The van der Waals surface area contributed by atoms with Gasteiger partial charge in [0.25, 0.3) is 0 Å². The summed E-state index contributed by atoms with van der Waals surface area (Å²) < 4.78 is 0. The first-order chi connectivity index (χ1) is 7.85. The first-order valence-corrected chi connectivity index (χ1v) is 7.05. The molecule has 0 saturated heterocycles. The number of rotatable bonds is 5. The molecule has 3 nitrogen and oxygen atoms in total. The van der Waals surface area contributed by atoms with Crippen LogP contribution in [-0.2, 0) is 6.54 Å². The summed E-state index contributed by atoms with van der Waals surface area (Å²) in [5, 5.41) is 3.28. The van der Waals surface area contributed by atoms with Crippen LogP contribution in [0.15, 0.2) is 11.6 Å². The van der Waals surface area contributed by atoms with Crippen molar-refractivity contribution in [2.75, 3.05) is 13.1 Å². The topological polar surface area (TPSA) is 42.2 Å². The summed E-state index contributed by atoms with van der Waals surface area (Å²) >= 11 is 1.75. The van der Waals surface area contributed by atoms with E-state index < -0.39 is 0 Å². The van der Waals surface area contributed by atoms with Gasteiger partial charge < -0.3 is 5.73 Å². The van der Waals surface area contributed by atoms with Gasteiger partial charge in [-0.05, 0) is 31.8 Å². The fourth-order valence-corrected chi connectivity index (χ4v) is 3.38. The van der Waals surface area contributed by atoms with Gasteiger partial charge in [-0.15, -0.1) is 11.3 Å². The van der Waals surface area contributed by atoms with E-state index in [1.165, 1.54) is 24.3 Å². The Morgan fingerprint density at radius 3 is 3.06 bits per heavy atom. The highest BCUT2D eigenvalue weighted by atomic mass is 32.1. The third-order valence-electron chi connectivity index (χ3n) is 3.62. The predicted molar refractivity (Wildman–Crippen MR) is 68.4 cm³/mol. The lowest BCUT2D eigenvalue weighted by molar-refractivity contribution is 0.162. The molecule has 1 aliphatic carbocycles. The van der Waals surface area contributed by atoms with Crippen molar-refractivity contribution in [2.24, 2.45) is 11.7 Å². The van der Waals surface area contributed by atoms with Gasteiger partial charge in [0.1, 0.15) is 5.01 Å². The Bertz CT molecular complexity index is 299. The molecule has 1 fully saturated rings. The fraction of sp³-hybridized carbons (Fsp3) is 0.750. The summed E-state index contributed by atoms with van der Waals surface area (Å²) in [7, 11) is 0. The molecule has 2 unspecified atom stereocenters. The van der Waals surface area contributed by atoms with Crippen molar-refractivity contribution in [3.05, 3.63) is 16.6 Å². The summed E-state index contributed by atoms with van der Waals surface area (Å²) in [5.74, 6) is 0.694. The highest BCUT2D eigenvalue weighted by Crippen LogP contribution is 2.30. The molecule has 0 aromatic carbocycles. The minimum atomic E-state index is 0.680. The van der Waals surface area contributed by atoms with Crippen molar-refractivity contribution in [2.45, 2.75) is 38.8 Å². The molecule has 0 spiro atoms. The third-order valence-corrected chi connectivity index (χ3v) is 4.38. The number of thiazole rings is 1. The molecule has 1 aliphatic rings. The largest absolute Gasteiger partial charge is 0.330 e. The minimum absolute atomic E-state index is 0.680. The molecule has 16 heavy (non-hydrogen) atoms. The minimum Gasteiger partial charge on any atom is -0.330 e. The van der Waals surface area contributed by atoms with Gasteiger partial charge in [0, 0.05) is 17.6 Å². The molecular weight excluding hydrogens is 218 g/mol. The third kappa shape index (κ3) is 2.62. The lowest BCUT2D eigenvalue weighted by atomic mass is 10.0. The van der Waals surface area contributed by atoms with E-state index in [0.29, 0.717) is 12.0 Å². The second-order valence-electron chi connectivity index (χ2n) is 4.48. The highest BCUT2D eigenvalue weighted by Gasteiger charge is 2.30. The molecular formula is C12H21N3S. The molecule has 1 aromatic rings. The maximum atomic E-state index is 5.85.